The van der Waals surface area contributed by atoms with Gasteiger partial charge in [0.05, 0.1) is 6.33 Å². The Bertz CT molecular complexity index is 449. The van der Waals surface area contributed by atoms with Gasteiger partial charge in [0, 0.05) is 12.6 Å². The summed E-state index contributed by atoms with van der Waals surface area (Å²) in [6.07, 6.45) is 5.16. The highest BCUT2D eigenvalue weighted by Gasteiger charge is 2.04. The van der Waals surface area contributed by atoms with Crippen molar-refractivity contribution < 1.29 is 0 Å². The minimum absolute atomic E-state index is 0.249. The highest BCUT2D eigenvalue weighted by Crippen LogP contribution is 2.14. The van der Waals surface area contributed by atoms with E-state index in [1.807, 2.05) is 6.92 Å². The predicted octanol–water partition coefficient (Wildman–Crippen LogP) is 0.892. The van der Waals surface area contributed by atoms with Crippen LogP contribution in [0.2, 0.25) is 0 Å². The van der Waals surface area contributed by atoms with Crippen LogP contribution in [0.25, 0.3) is 11.2 Å². The molecule has 0 spiro atoms. The van der Waals surface area contributed by atoms with Crippen LogP contribution >= 0.6 is 0 Å². The lowest BCUT2D eigenvalue weighted by atomic mass is 10.2. The highest BCUT2D eigenvalue weighted by atomic mass is 15.1. The van der Waals surface area contributed by atoms with E-state index in [9.17, 15) is 0 Å². The van der Waals surface area contributed by atoms with Gasteiger partial charge in [-0.25, -0.2) is 15.0 Å². The summed E-state index contributed by atoms with van der Waals surface area (Å²) < 4.78 is 0. The molecule has 2 heterocycles. The number of fused-ring (bicyclic) bond motifs is 1. The summed E-state index contributed by atoms with van der Waals surface area (Å²) in [6.45, 7) is 2.87. The first-order valence-electron chi connectivity index (χ1n) is 5.41. The van der Waals surface area contributed by atoms with Crippen LogP contribution in [0.4, 0.5) is 5.82 Å². The van der Waals surface area contributed by atoms with Gasteiger partial charge in [-0.2, -0.15) is 0 Å². The first kappa shape index (κ1) is 10.8. The number of imidazole rings is 1. The molecule has 2 aromatic rings. The average Bonchev–Trinajstić information content (AvgIpc) is 2.72. The van der Waals surface area contributed by atoms with Gasteiger partial charge < -0.3 is 16.0 Å². The molecule has 0 aliphatic carbocycles. The smallest absolute Gasteiger partial charge is 0.182 e. The summed E-state index contributed by atoms with van der Waals surface area (Å²) in [7, 11) is 0. The number of anilines is 1. The second-order valence-corrected chi connectivity index (χ2v) is 3.87. The van der Waals surface area contributed by atoms with Crippen molar-refractivity contribution in [2.24, 2.45) is 5.73 Å². The Labute approximate surface area is 93.7 Å². The van der Waals surface area contributed by atoms with Gasteiger partial charge in [0.1, 0.15) is 11.8 Å². The quantitative estimate of drug-likeness (QED) is 0.651. The molecule has 0 saturated carbocycles. The number of rotatable bonds is 5. The molecule has 4 N–H and O–H groups in total. The Morgan fingerprint density at radius 3 is 3.12 bits per heavy atom. The molecule has 6 heteroatoms. The lowest BCUT2D eigenvalue weighted by Crippen LogP contribution is -2.16. The Morgan fingerprint density at radius 1 is 1.44 bits per heavy atom. The van der Waals surface area contributed by atoms with E-state index in [4.69, 9.17) is 5.73 Å². The molecule has 2 rings (SSSR count). The minimum atomic E-state index is 0.249. The molecule has 2 aromatic heterocycles. The Kier molecular flexibility index (Phi) is 3.31. The molecular formula is C10H16N6. The molecule has 0 radical (unpaired) electrons. The normalized spacial score (nSPS) is 12.9. The van der Waals surface area contributed by atoms with E-state index < -0.39 is 0 Å². The van der Waals surface area contributed by atoms with Gasteiger partial charge in [-0.15, -0.1) is 0 Å². The largest absolute Gasteiger partial charge is 0.368 e. The lowest BCUT2D eigenvalue weighted by Gasteiger charge is -2.07. The molecular weight excluding hydrogens is 204 g/mol. The fraction of sp³-hybridized carbons (Fsp3) is 0.500. The maximum absolute atomic E-state index is 5.68. The molecule has 0 bridgehead atoms. The van der Waals surface area contributed by atoms with Gasteiger partial charge >= 0.3 is 0 Å². The topological polar surface area (TPSA) is 92.5 Å². The van der Waals surface area contributed by atoms with E-state index in [1.165, 1.54) is 6.33 Å². The molecule has 16 heavy (non-hydrogen) atoms. The molecule has 0 saturated heterocycles. The van der Waals surface area contributed by atoms with Gasteiger partial charge in [-0.3, -0.25) is 0 Å². The van der Waals surface area contributed by atoms with Crippen LogP contribution in [0.3, 0.4) is 0 Å². The molecule has 1 unspecified atom stereocenters. The zero-order valence-corrected chi connectivity index (χ0v) is 9.27. The maximum atomic E-state index is 5.68. The van der Waals surface area contributed by atoms with Gasteiger partial charge in [0.25, 0.3) is 0 Å². The van der Waals surface area contributed by atoms with E-state index >= 15 is 0 Å². The van der Waals surface area contributed by atoms with E-state index in [-0.39, 0.29) is 6.04 Å². The fourth-order valence-electron chi connectivity index (χ4n) is 1.53. The number of aromatic amines is 1. The Hall–Kier alpha value is -1.69. The number of nitrogens with two attached hydrogens (primary N) is 1. The third kappa shape index (κ3) is 2.46. The summed E-state index contributed by atoms with van der Waals surface area (Å²) in [5, 5.41) is 3.25. The SMILES string of the molecule is CC(N)CCCNc1ncnc2nc[nH]c12. The van der Waals surface area contributed by atoms with Crippen LogP contribution in [0, 0.1) is 0 Å². The summed E-state index contributed by atoms with van der Waals surface area (Å²) in [5.74, 6) is 0.798. The van der Waals surface area contributed by atoms with Crippen molar-refractivity contribution in [3.8, 4) is 0 Å². The monoisotopic (exact) mass is 220 g/mol. The second kappa shape index (κ2) is 4.89. The molecule has 86 valence electrons. The molecule has 1 atom stereocenters. The number of nitrogens with one attached hydrogen (secondary N) is 2. The number of nitrogens with zero attached hydrogens (tertiary/aromatic N) is 3. The number of hydrogen-bond acceptors (Lipinski definition) is 5. The molecule has 0 aromatic carbocycles. The summed E-state index contributed by atoms with van der Waals surface area (Å²) >= 11 is 0. The van der Waals surface area contributed by atoms with Crippen LogP contribution in [-0.4, -0.2) is 32.5 Å². The number of H-pyrrole nitrogens is 1. The Morgan fingerprint density at radius 2 is 2.31 bits per heavy atom. The van der Waals surface area contributed by atoms with E-state index in [0.717, 1.165) is 30.7 Å². The van der Waals surface area contributed by atoms with Crippen LogP contribution in [-0.2, 0) is 0 Å². The molecule has 0 aliphatic rings. The van der Waals surface area contributed by atoms with Crippen LogP contribution in [0.5, 0.6) is 0 Å². The van der Waals surface area contributed by atoms with Crippen molar-refractivity contribution in [2.45, 2.75) is 25.8 Å². The maximum Gasteiger partial charge on any atom is 0.182 e. The van der Waals surface area contributed by atoms with E-state index in [0.29, 0.717) is 5.65 Å². The predicted molar refractivity (Wildman–Crippen MR) is 63.1 cm³/mol. The second-order valence-electron chi connectivity index (χ2n) is 3.87. The summed E-state index contributed by atoms with van der Waals surface area (Å²) in [5.41, 5.74) is 7.21. The van der Waals surface area contributed by atoms with Crippen molar-refractivity contribution in [3.05, 3.63) is 12.7 Å². The molecule has 0 aliphatic heterocycles. The van der Waals surface area contributed by atoms with Crippen molar-refractivity contribution in [3.63, 3.8) is 0 Å². The standard InChI is InChI=1S/C10H16N6/c1-7(11)3-2-4-12-9-8-10(14-5-13-8)16-6-15-9/h5-7H,2-4,11H2,1H3,(H2,12,13,14,15,16). The van der Waals surface area contributed by atoms with Crippen LogP contribution < -0.4 is 11.1 Å². The summed E-state index contributed by atoms with van der Waals surface area (Å²) in [4.78, 5) is 15.3. The van der Waals surface area contributed by atoms with Gasteiger partial charge in [0.15, 0.2) is 11.5 Å². The molecule has 0 fully saturated rings. The van der Waals surface area contributed by atoms with Gasteiger partial charge in [-0.05, 0) is 19.8 Å². The van der Waals surface area contributed by atoms with Crippen molar-refractivity contribution >= 4 is 17.0 Å². The zero-order valence-electron chi connectivity index (χ0n) is 9.27. The third-order valence-electron chi connectivity index (χ3n) is 2.35. The number of aromatic nitrogens is 4. The Balaban J connectivity index is 1.96. The van der Waals surface area contributed by atoms with Crippen LogP contribution in [0.15, 0.2) is 12.7 Å². The summed E-state index contributed by atoms with van der Waals surface area (Å²) in [6, 6.07) is 0.249. The number of hydrogen-bond donors (Lipinski definition) is 3. The van der Waals surface area contributed by atoms with E-state index in [1.54, 1.807) is 6.33 Å². The van der Waals surface area contributed by atoms with Crippen molar-refractivity contribution in [1.82, 2.24) is 19.9 Å². The van der Waals surface area contributed by atoms with Gasteiger partial charge in [0.2, 0.25) is 0 Å². The molecule has 0 amide bonds. The average molecular weight is 220 g/mol. The lowest BCUT2D eigenvalue weighted by molar-refractivity contribution is 0.639. The van der Waals surface area contributed by atoms with Crippen molar-refractivity contribution in [2.75, 3.05) is 11.9 Å². The highest BCUT2D eigenvalue weighted by molar-refractivity contribution is 5.81. The van der Waals surface area contributed by atoms with Gasteiger partial charge in [-0.1, -0.05) is 0 Å². The van der Waals surface area contributed by atoms with Crippen molar-refractivity contribution in [1.29, 1.82) is 0 Å². The fourth-order valence-corrected chi connectivity index (χ4v) is 1.53. The van der Waals surface area contributed by atoms with E-state index in [2.05, 4.69) is 25.3 Å². The van der Waals surface area contributed by atoms with Crippen LogP contribution in [0.1, 0.15) is 19.8 Å². The first-order chi connectivity index (χ1) is 7.77. The minimum Gasteiger partial charge on any atom is -0.368 e. The molecule has 6 nitrogen and oxygen atoms in total. The third-order valence-corrected chi connectivity index (χ3v) is 2.35. The first-order valence-corrected chi connectivity index (χ1v) is 5.41. The zero-order chi connectivity index (χ0) is 11.4.